The first kappa shape index (κ1) is 16.8. The van der Waals surface area contributed by atoms with Crippen LogP contribution in [0.2, 0.25) is 0 Å². The van der Waals surface area contributed by atoms with E-state index < -0.39 is 43.0 Å². The zero-order valence-corrected chi connectivity index (χ0v) is 10.7. The Balaban J connectivity index is 4.90. The maximum absolute atomic E-state index is 11.8. The van der Waals surface area contributed by atoms with E-state index in [9.17, 15) is 23.8 Å². The van der Waals surface area contributed by atoms with Crippen LogP contribution in [-0.2, 0) is 18.9 Å². The number of hydrogen-bond donors (Lipinski definition) is 4. The molecule has 0 radical (unpaired) electrons. The summed E-state index contributed by atoms with van der Waals surface area (Å²) >= 11 is 0. The molecule has 0 aromatic carbocycles. The van der Waals surface area contributed by atoms with Crippen LogP contribution in [0.15, 0.2) is 0 Å². The van der Waals surface area contributed by atoms with Gasteiger partial charge in [0.05, 0.1) is 5.78 Å². The molecule has 0 aliphatic rings. The standard InChI is InChI=1S/C9H16NO7P/c1-2-5(8(13)14)9(15)18(16,17)6(10)3-4-7(11)12/h5-6H,2-4,10H2,1H3,(H,11,12)(H,13,14)(H,16,17). The van der Waals surface area contributed by atoms with E-state index in [2.05, 4.69) is 0 Å². The highest BCUT2D eigenvalue weighted by molar-refractivity contribution is 7.76. The lowest BCUT2D eigenvalue weighted by molar-refractivity contribution is -0.144. The number of rotatable bonds is 8. The molecule has 0 spiro atoms. The van der Waals surface area contributed by atoms with Crippen molar-refractivity contribution in [3.63, 3.8) is 0 Å². The van der Waals surface area contributed by atoms with E-state index >= 15 is 0 Å². The van der Waals surface area contributed by atoms with Crippen LogP contribution in [0.5, 0.6) is 0 Å². The lowest BCUT2D eigenvalue weighted by atomic mass is 10.1. The van der Waals surface area contributed by atoms with Crippen molar-refractivity contribution in [3.8, 4) is 0 Å². The van der Waals surface area contributed by atoms with Gasteiger partial charge in [0.25, 0.3) is 7.37 Å². The van der Waals surface area contributed by atoms with Gasteiger partial charge in [0.1, 0.15) is 5.92 Å². The van der Waals surface area contributed by atoms with E-state index in [1.54, 1.807) is 0 Å². The molecule has 0 aromatic heterocycles. The smallest absolute Gasteiger partial charge is 0.314 e. The van der Waals surface area contributed by atoms with E-state index in [1.807, 2.05) is 0 Å². The predicted molar refractivity (Wildman–Crippen MR) is 61.1 cm³/mol. The Kier molecular flexibility index (Phi) is 6.17. The molecule has 0 rings (SSSR count). The Hall–Kier alpha value is -1.24. The van der Waals surface area contributed by atoms with E-state index in [4.69, 9.17) is 15.9 Å². The Morgan fingerprint density at radius 3 is 2.11 bits per heavy atom. The molecule has 5 N–H and O–H groups in total. The SMILES string of the molecule is CCC(C(=O)O)C(=O)P(=O)(O)C(N)CCC(=O)O. The summed E-state index contributed by atoms with van der Waals surface area (Å²) in [5, 5.41) is 17.1. The van der Waals surface area contributed by atoms with Gasteiger partial charge in [-0.1, -0.05) is 6.92 Å². The highest BCUT2D eigenvalue weighted by Crippen LogP contribution is 2.49. The number of carboxylic acid groups (broad SMARTS) is 2. The van der Waals surface area contributed by atoms with Crippen molar-refractivity contribution in [1.82, 2.24) is 0 Å². The Morgan fingerprint density at radius 2 is 1.78 bits per heavy atom. The fourth-order valence-corrected chi connectivity index (χ4v) is 2.83. The summed E-state index contributed by atoms with van der Waals surface area (Å²) < 4.78 is 11.8. The zero-order valence-electron chi connectivity index (χ0n) is 9.78. The molecule has 0 amide bonds. The van der Waals surface area contributed by atoms with Gasteiger partial charge in [0.2, 0.25) is 5.52 Å². The highest BCUT2D eigenvalue weighted by Gasteiger charge is 2.42. The van der Waals surface area contributed by atoms with E-state index in [0.717, 1.165) is 0 Å². The average Bonchev–Trinajstić information content (AvgIpc) is 2.25. The first-order valence-corrected chi connectivity index (χ1v) is 6.94. The van der Waals surface area contributed by atoms with Crippen LogP contribution >= 0.6 is 7.37 Å². The van der Waals surface area contributed by atoms with Crippen LogP contribution in [0.1, 0.15) is 26.2 Å². The number of carbonyl (C=O) groups excluding carboxylic acids is 1. The molecule has 0 fully saturated rings. The molecule has 0 saturated carbocycles. The van der Waals surface area contributed by atoms with Gasteiger partial charge in [-0.3, -0.25) is 18.9 Å². The van der Waals surface area contributed by atoms with Gasteiger partial charge in [0.15, 0.2) is 0 Å². The van der Waals surface area contributed by atoms with Crippen molar-refractivity contribution in [2.75, 3.05) is 0 Å². The number of carboxylic acids is 2. The monoisotopic (exact) mass is 281 g/mol. The van der Waals surface area contributed by atoms with Crippen LogP contribution in [0.25, 0.3) is 0 Å². The Labute approximate surface area is 103 Å². The third-order valence-electron chi connectivity index (χ3n) is 2.42. The quantitative estimate of drug-likeness (QED) is 0.359. The fourth-order valence-electron chi connectivity index (χ4n) is 1.29. The second-order valence-electron chi connectivity index (χ2n) is 3.76. The minimum Gasteiger partial charge on any atom is -0.481 e. The average molecular weight is 281 g/mol. The molecule has 9 heteroatoms. The number of carbonyl (C=O) groups is 3. The molecule has 8 nitrogen and oxygen atoms in total. The molecule has 18 heavy (non-hydrogen) atoms. The Morgan fingerprint density at radius 1 is 1.28 bits per heavy atom. The summed E-state index contributed by atoms with van der Waals surface area (Å²) in [6, 6.07) is 0. The normalized spacial score (nSPS) is 17.5. The third kappa shape index (κ3) is 4.21. The second-order valence-corrected chi connectivity index (χ2v) is 6.11. The third-order valence-corrected chi connectivity index (χ3v) is 4.52. The molecule has 0 aromatic rings. The van der Waals surface area contributed by atoms with Gasteiger partial charge >= 0.3 is 11.9 Å². The van der Waals surface area contributed by atoms with E-state index in [1.165, 1.54) is 6.92 Å². The minimum atomic E-state index is -4.56. The van der Waals surface area contributed by atoms with Crippen molar-refractivity contribution >= 4 is 24.8 Å². The van der Waals surface area contributed by atoms with Crippen molar-refractivity contribution in [2.24, 2.45) is 11.7 Å². The lowest BCUT2D eigenvalue weighted by Crippen LogP contribution is -2.31. The zero-order chi connectivity index (χ0) is 14.5. The molecule has 104 valence electrons. The molecular formula is C9H16NO7P. The van der Waals surface area contributed by atoms with Crippen molar-refractivity contribution < 1.29 is 34.1 Å². The van der Waals surface area contributed by atoms with E-state index in [0.29, 0.717) is 0 Å². The first-order valence-electron chi connectivity index (χ1n) is 5.21. The fraction of sp³-hybridized carbons (Fsp3) is 0.667. The largest absolute Gasteiger partial charge is 0.481 e. The molecule has 0 aliphatic carbocycles. The summed E-state index contributed by atoms with van der Waals surface area (Å²) in [6.45, 7) is 1.39. The summed E-state index contributed by atoms with van der Waals surface area (Å²) in [5.74, 6) is -5.88. The second kappa shape index (κ2) is 6.63. The molecule has 3 atom stereocenters. The van der Waals surface area contributed by atoms with Crippen LogP contribution in [0.3, 0.4) is 0 Å². The Bertz CT molecular complexity index is 394. The molecular weight excluding hydrogens is 265 g/mol. The van der Waals surface area contributed by atoms with Gasteiger partial charge in [0, 0.05) is 6.42 Å². The van der Waals surface area contributed by atoms with Gasteiger partial charge in [-0.05, 0) is 12.8 Å². The number of nitrogens with two attached hydrogens (primary N) is 1. The molecule has 0 bridgehead atoms. The topological polar surface area (TPSA) is 155 Å². The molecule has 0 heterocycles. The van der Waals surface area contributed by atoms with Crippen molar-refractivity contribution in [1.29, 1.82) is 0 Å². The lowest BCUT2D eigenvalue weighted by Gasteiger charge is -2.19. The summed E-state index contributed by atoms with van der Waals surface area (Å²) in [6.07, 6.45) is -0.974. The van der Waals surface area contributed by atoms with Gasteiger partial charge < -0.3 is 20.8 Å². The summed E-state index contributed by atoms with van der Waals surface area (Å²) in [7, 11) is -4.56. The number of aliphatic carboxylic acids is 2. The maximum Gasteiger partial charge on any atom is 0.314 e. The van der Waals surface area contributed by atoms with Crippen LogP contribution in [0.4, 0.5) is 0 Å². The molecule has 3 unspecified atom stereocenters. The minimum absolute atomic E-state index is 0.135. The van der Waals surface area contributed by atoms with Gasteiger partial charge in [-0.2, -0.15) is 0 Å². The maximum atomic E-state index is 11.8. The molecule has 0 saturated heterocycles. The number of hydrogen-bond acceptors (Lipinski definition) is 5. The summed E-state index contributed by atoms with van der Waals surface area (Å²) in [5.41, 5.74) is 3.97. The van der Waals surface area contributed by atoms with Crippen LogP contribution in [0, 0.1) is 5.92 Å². The van der Waals surface area contributed by atoms with Crippen molar-refractivity contribution in [3.05, 3.63) is 0 Å². The van der Waals surface area contributed by atoms with Gasteiger partial charge in [-0.25, -0.2) is 0 Å². The first-order chi connectivity index (χ1) is 8.14. The molecule has 0 aliphatic heterocycles. The highest BCUT2D eigenvalue weighted by atomic mass is 31.2. The predicted octanol–water partition coefficient (Wildman–Crippen LogP) is 0.0438. The van der Waals surface area contributed by atoms with Gasteiger partial charge in [-0.15, -0.1) is 0 Å². The van der Waals surface area contributed by atoms with Crippen LogP contribution in [-0.4, -0.2) is 38.4 Å². The van der Waals surface area contributed by atoms with Crippen molar-refractivity contribution in [2.45, 2.75) is 32.0 Å². The van der Waals surface area contributed by atoms with Crippen LogP contribution < -0.4 is 5.73 Å². The summed E-state index contributed by atoms with van der Waals surface area (Å²) in [4.78, 5) is 42.2. The van der Waals surface area contributed by atoms with E-state index in [-0.39, 0.29) is 12.8 Å².